The summed E-state index contributed by atoms with van der Waals surface area (Å²) in [6.45, 7) is 3.77. The van der Waals surface area contributed by atoms with Crippen LogP contribution in [0.2, 0.25) is 0 Å². The highest BCUT2D eigenvalue weighted by Gasteiger charge is 2.17. The Balaban J connectivity index is 1.76. The van der Waals surface area contributed by atoms with Gasteiger partial charge in [-0.2, -0.15) is 0 Å². The number of thiazole rings is 1. The van der Waals surface area contributed by atoms with Crippen LogP contribution in [-0.2, 0) is 9.59 Å². The number of benzene rings is 2. The van der Waals surface area contributed by atoms with Crippen molar-refractivity contribution in [1.29, 1.82) is 0 Å². The second-order valence-electron chi connectivity index (χ2n) is 5.10. The van der Waals surface area contributed by atoms with Gasteiger partial charge in [-0.25, -0.2) is 4.98 Å². The maximum absolute atomic E-state index is 12.1. The molecule has 6 heteroatoms. The van der Waals surface area contributed by atoms with Gasteiger partial charge >= 0.3 is 11.8 Å². The first-order valence-electron chi connectivity index (χ1n) is 7.09. The van der Waals surface area contributed by atoms with Gasteiger partial charge in [-0.1, -0.05) is 36.4 Å². The molecule has 3 aromatic rings. The summed E-state index contributed by atoms with van der Waals surface area (Å²) in [5.74, 6) is -1.45. The lowest BCUT2D eigenvalue weighted by molar-refractivity contribution is -0.132. The molecule has 116 valence electrons. The molecule has 0 bridgehead atoms. The number of anilines is 2. The zero-order valence-corrected chi connectivity index (χ0v) is 13.5. The average Bonchev–Trinajstić information content (AvgIpc) is 2.85. The van der Waals surface area contributed by atoms with Gasteiger partial charge in [0.1, 0.15) is 0 Å². The van der Waals surface area contributed by atoms with E-state index in [9.17, 15) is 9.59 Å². The zero-order valence-electron chi connectivity index (χ0n) is 12.7. The first-order chi connectivity index (χ1) is 11.0. The van der Waals surface area contributed by atoms with Gasteiger partial charge in [0.25, 0.3) is 0 Å². The van der Waals surface area contributed by atoms with Gasteiger partial charge in [-0.05, 0) is 25.3 Å². The first kappa shape index (κ1) is 15.2. The molecule has 0 radical (unpaired) electrons. The Morgan fingerprint density at radius 1 is 0.957 bits per heavy atom. The lowest BCUT2D eigenvalue weighted by Gasteiger charge is -2.08. The summed E-state index contributed by atoms with van der Waals surface area (Å²) >= 11 is 1.35. The number of aryl methyl sites for hydroxylation is 2. The van der Waals surface area contributed by atoms with E-state index in [1.54, 1.807) is 6.07 Å². The van der Waals surface area contributed by atoms with Crippen LogP contribution in [0, 0.1) is 13.8 Å². The van der Waals surface area contributed by atoms with Crippen molar-refractivity contribution in [3.8, 4) is 0 Å². The lowest BCUT2D eigenvalue weighted by Crippen LogP contribution is -2.29. The number of hydrogen-bond donors (Lipinski definition) is 2. The van der Waals surface area contributed by atoms with Gasteiger partial charge in [0, 0.05) is 16.0 Å². The number of carbonyl (C=O) groups is 2. The minimum absolute atomic E-state index is 0.429. The molecule has 0 aliphatic rings. The average molecular weight is 325 g/mol. The fourth-order valence-corrected chi connectivity index (χ4v) is 3.00. The smallest absolute Gasteiger partial charge is 0.315 e. The molecule has 0 fully saturated rings. The number of rotatable bonds is 2. The summed E-state index contributed by atoms with van der Waals surface area (Å²) in [4.78, 5) is 29.3. The van der Waals surface area contributed by atoms with Crippen molar-refractivity contribution in [3.63, 3.8) is 0 Å². The number of hydrogen-bond acceptors (Lipinski definition) is 4. The van der Waals surface area contributed by atoms with Crippen LogP contribution in [-0.4, -0.2) is 16.8 Å². The minimum Gasteiger partial charge on any atom is -0.317 e. The molecule has 2 aromatic carbocycles. The van der Waals surface area contributed by atoms with E-state index in [1.807, 2.05) is 50.2 Å². The van der Waals surface area contributed by atoms with Crippen LogP contribution in [0.4, 0.5) is 10.8 Å². The normalized spacial score (nSPS) is 10.5. The van der Waals surface area contributed by atoms with E-state index in [0.717, 1.165) is 21.3 Å². The van der Waals surface area contributed by atoms with Gasteiger partial charge in [-0.3, -0.25) is 14.9 Å². The third-order valence-electron chi connectivity index (χ3n) is 3.49. The Labute approximate surface area is 137 Å². The van der Waals surface area contributed by atoms with Crippen molar-refractivity contribution in [2.45, 2.75) is 13.8 Å². The summed E-state index contributed by atoms with van der Waals surface area (Å²) in [6, 6.07) is 13.2. The minimum atomic E-state index is -0.730. The highest BCUT2D eigenvalue weighted by atomic mass is 32.1. The van der Waals surface area contributed by atoms with Crippen LogP contribution < -0.4 is 10.6 Å². The number of nitrogens with zero attached hydrogens (tertiary/aromatic N) is 1. The molecule has 0 unspecified atom stereocenters. The van der Waals surface area contributed by atoms with E-state index in [4.69, 9.17) is 0 Å². The van der Waals surface area contributed by atoms with E-state index >= 15 is 0 Å². The predicted molar refractivity (Wildman–Crippen MR) is 92.8 cm³/mol. The third kappa shape index (κ3) is 3.22. The fourth-order valence-electron chi connectivity index (χ4n) is 2.19. The monoisotopic (exact) mass is 325 g/mol. The molecule has 23 heavy (non-hydrogen) atoms. The van der Waals surface area contributed by atoms with E-state index < -0.39 is 11.8 Å². The molecule has 0 saturated carbocycles. The maximum atomic E-state index is 12.1. The molecule has 1 heterocycles. The molecular weight excluding hydrogens is 310 g/mol. The Hall–Kier alpha value is -2.73. The number of nitrogens with one attached hydrogen (secondary N) is 2. The molecule has 0 atom stereocenters. The standard InChI is InChI=1S/C17H15N3O2S/c1-10-11(2)23-17(18-10)20-16(22)15(21)19-14-9-5-7-12-6-3-4-8-13(12)14/h3-9H,1-2H3,(H,19,21)(H,18,20,22). The van der Waals surface area contributed by atoms with Crippen molar-refractivity contribution < 1.29 is 9.59 Å². The summed E-state index contributed by atoms with van der Waals surface area (Å²) < 4.78 is 0. The molecule has 1 aromatic heterocycles. The molecule has 5 nitrogen and oxygen atoms in total. The summed E-state index contributed by atoms with van der Waals surface area (Å²) in [5.41, 5.74) is 1.45. The van der Waals surface area contributed by atoms with Crippen molar-refractivity contribution >= 4 is 44.7 Å². The van der Waals surface area contributed by atoms with Crippen LogP contribution in [0.5, 0.6) is 0 Å². The second-order valence-corrected chi connectivity index (χ2v) is 6.30. The number of aromatic nitrogens is 1. The third-order valence-corrected chi connectivity index (χ3v) is 4.48. The molecule has 0 aliphatic carbocycles. The molecule has 2 amide bonds. The Morgan fingerprint density at radius 3 is 2.39 bits per heavy atom. The molecular formula is C17H15N3O2S. The Morgan fingerprint density at radius 2 is 1.65 bits per heavy atom. The van der Waals surface area contributed by atoms with Crippen LogP contribution >= 0.6 is 11.3 Å². The van der Waals surface area contributed by atoms with E-state index in [2.05, 4.69) is 15.6 Å². The summed E-state index contributed by atoms with van der Waals surface area (Å²) in [7, 11) is 0. The summed E-state index contributed by atoms with van der Waals surface area (Å²) in [6.07, 6.45) is 0. The number of fused-ring (bicyclic) bond motifs is 1. The van der Waals surface area contributed by atoms with Crippen molar-refractivity contribution in [1.82, 2.24) is 4.98 Å². The Kier molecular flexibility index (Phi) is 4.08. The fraction of sp³-hybridized carbons (Fsp3) is 0.118. The highest BCUT2D eigenvalue weighted by molar-refractivity contribution is 7.15. The van der Waals surface area contributed by atoms with Crippen molar-refractivity contribution in [3.05, 3.63) is 53.0 Å². The van der Waals surface area contributed by atoms with E-state index in [-0.39, 0.29) is 0 Å². The van der Waals surface area contributed by atoms with Gasteiger partial charge in [-0.15, -0.1) is 11.3 Å². The van der Waals surface area contributed by atoms with Crippen molar-refractivity contribution in [2.75, 3.05) is 10.6 Å². The largest absolute Gasteiger partial charge is 0.317 e. The number of amides is 2. The molecule has 0 saturated heterocycles. The first-order valence-corrected chi connectivity index (χ1v) is 7.90. The quantitative estimate of drug-likeness (QED) is 0.709. The van der Waals surface area contributed by atoms with Crippen LogP contribution in [0.15, 0.2) is 42.5 Å². The van der Waals surface area contributed by atoms with E-state index in [0.29, 0.717) is 10.8 Å². The van der Waals surface area contributed by atoms with Crippen LogP contribution in [0.3, 0.4) is 0 Å². The van der Waals surface area contributed by atoms with Crippen LogP contribution in [0.1, 0.15) is 10.6 Å². The lowest BCUT2D eigenvalue weighted by atomic mass is 10.1. The molecule has 2 N–H and O–H groups in total. The Bertz CT molecular complexity index is 877. The topological polar surface area (TPSA) is 71.1 Å². The van der Waals surface area contributed by atoms with Gasteiger partial charge in [0.2, 0.25) is 0 Å². The number of carbonyl (C=O) groups excluding carboxylic acids is 2. The van der Waals surface area contributed by atoms with Gasteiger partial charge in [0.05, 0.1) is 5.69 Å². The van der Waals surface area contributed by atoms with Crippen LogP contribution in [0.25, 0.3) is 10.8 Å². The molecule has 3 rings (SSSR count). The summed E-state index contributed by atoms with van der Waals surface area (Å²) in [5, 5.41) is 7.49. The molecule has 0 spiro atoms. The van der Waals surface area contributed by atoms with Crippen molar-refractivity contribution in [2.24, 2.45) is 0 Å². The predicted octanol–water partition coefficient (Wildman–Crippen LogP) is 3.49. The molecule has 0 aliphatic heterocycles. The maximum Gasteiger partial charge on any atom is 0.315 e. The zero-order chi connectivity index (χ0) is 16.4. The van der Waals surface area contributed by atoms with E-state index in [1.165, 1.54) is 11.3 Å². The second kappa shape index (κ2) is 6.18. The highest BCUT2D eigenvalue weighted by Crippen LogP contribution is 2.23. The van der Waals surface area contributed by atoms with Gasteiger partial charge in [0.15, 0.2) is 5.13 Å². The van der Waals surface area contributed by atoms with Gasteiger partial charge < -0.3 is 5.32 Å². The SMILES string of the molecule is Cc1nc(NC(=O)C(=O)Nc2cccc3ccccc23)sc1C.